The Hall–Kier alpha value is -1.33. The minimum atomic E-state index is -4.54. The van der Waals surface area contributed by atoms with Gasteiger partial charge in [-0.15, -0.1) is 0 Å². The Morgan fingerprint density at radius 2 is 2.05 bits per heavy atom. The molecule has 1 fully saturated rings. The number of methoxy groups -OCH3 is 1. The van der Waals surface area contributed by atoms with Gasteiger partial charge in [-0.1, -0.05) is 15.9 Å². The van der Waals surface area contributed by atoms with Crippen molar-refractivity contribution in [3.63, 3.8) is 0 Å². The molecule has 1 aliphatic rings. The van der Waals surface area contributed by atoms with Crippen molar-refractivity contribution >= 4 is 22.0 Å². The Bertz CT molecular complexity index is 576. The molecule has 108 valence electrons. The predicted octanol–water partition coefficient (Wildman–Crippen LogP) is 4.19. The molecule has 0 aliphatic heterocycles. The second-order valence-corrected chi connectivity index (χ2v) is 5.54. The minimum Gasteiger partial charge on any atom is -0.496 e. The summed E-state index contributed by atoms with van der Waals surface area (Å²) in [6.45, 7) is 0. The lowest BCUT2D eigenvalue weighted by atomic mass is 9.71. The Labute approximate surface area is 122 Å². The smallest absolute Gasteiger partial charge is 0.420 e. The van der Waals surface area contributed by atoms with E-state index >= 15 is 0 Å². The number of benzene rings is 1. The van der Waals surface area contributed by atoms with Gasteiger partial charge in [-0.3, -0.25) is 0 Å². The number of hydrogen-bond donors (Lipinski definition) is 0. The molecule has 0 N–H and O–H groups in total. The fourth-order valence-electron chi connectivity index (χ4n) is 2.41. The molecular formula is C13H11BrF3NO2. The van der Waals surface area contributed by atoms with Crippen molar-refractivity contribution in [1.29, 1.82) is 0 Å². The maximum absolute atomic E-state index is 13.1. The zero-order valence-electron chi connectivity index (χ0n) is 10.6. The van der Waals surface area contributed by atoms with Crippen LogP contribution in [0.1, 0.15) is 30.4 Å². The van der Waals surface area contributed by atoms with E-state index < -0.39 is 17.3 Å². The van der Waals surface area contributed by atoms with Gasteiger partial charge in [0, 0.05) is 10.0 Å². The Morgan fingerprint density at radius 1 is 1.40 bits per heavy atom. The molecule has 1 aromatic rings. The van der Waals surface area contributed by atoms with Crippen molar-refractivity contribution < 1.29 is 22.7 Å². The monoisotopic (exact) mass is 349 g/mol. The maximum Gasteiger partial charge on any atom is 0.420 e. The number of hydrogen-bond acceptors (Lipinski definition) is 3. The highest BCUT2D eigenvalue weighted by Gasteiger charge is 2.45. The quantitative estimate of drug-likeness (QED) is 0.606. The average Bonchev–Trinajstić information content (AvgIpc) is 2.31. The first kappa shape index (κ1) is 15.1. The van der Waals surface area contributed by atoms with Gasteiger partial charge in [0.25, 0.3) is 0 Å². The molecule has 20 heavy (non-hydrogen) atoms. The molecule has 0 aromatic heterocycles. The summed E-state index contributed by atoms with van der Waals surface area (Å²) in [5.74, 6) is -0.278. The summed E-state index contributed by atoms with van der Waals surface area (Å²) < 4.78 is 44.5. The SMILES string of the molecule is COc1c(C(F)(F)F)cc(Br)cc1C1(N=C=O)CCC1. The first-order valence-electron chi connectivity index (χ1n) is 5.88. The van der Waals surface area contributed by atoms with Crippen molar-refractivity contribution in [3.05, 3.63) is 27.7 Å². The summed E-state index contributed by atoms with van der Waals surface area (Å²) in [4.78, 5) is 14.3. The first-order valence-corrected chi connectivity index (χ1v) is 6.67. The number of rotatable bonds is 3. The van der Waals surface area contributed by atoms with Crippen LogP contribution in [0.15, 0.2) is 21.6 Å². The largest absolute Gasteiger partial charge is 0.496 e. The van der Waals surface area contributed by atoms with E-state index in [2.05, 4.69) is 20.9 Å². The zero-order chi connectivity index (χ0) is 15.0. The van der Waals surface area contributed by atoms with Crippen molar-refractivity contribution in [2.75, 3.05) is 7.11 Å². The van der Waals surface area contributed by atoms with E-state index in [1.54, 1.807) is 0 Å². The van der Waals surface area contributed by atoms with Crippen LogP contribution in [0.3, 0.4) is 0 Å². The molecule has 7 heteroatoms. The van der Waals surface area contributed by atoms with E-state index in [0.717, 1.165) is 12.5 Å². The van der Waals surface area contributed by atoms with Crippen molar-refractivity contribution in [2.24, 2.45) is 4.99 Å². The molecule has 3 nitrogen and oxygen atoms in total. The number of aliphatic imine (C=N–C) groups is 1. The zero-order valence-corrected chi connectivity index (χ0v) is 12.1. The van der Waals surface area contributed by atoms with Gasteiger partial charge in [0.2, 0.25) is 6.08 Å². The van der Waals surface area contributed by atoms with Crippen molar-refractivity contribution in [2.45, 2.75) is 31.0 Å². The Morgan fingerprint density at radius 3 is 2.45 bits per heavy atom. The van der Waals surface area contributed by atoms with Crippen LogP contribution in [-0.2, 0) is 16.5 Å². The summed E-state index contributed by atoms with van der Waals surface area (Å²) in [7, 11) is 1.18. The third kappa shape index (κ3) is 2.47. The van der Waals surface area contributed by atoms with Gasteiger partial charge in [-0.05, 0) is 31.4 Å². The molecule has 1 saturated carbocycles. The molecule has 2 rings (SSSR count). The normalized spacial score (nSPS) is 17.1. The van der Waals surface area contributed by atoms with E-state index in [1.807, 2.05) is 0 Å². The first-order chi connectivity index (χ1) is 9.34. The van der Waals surface area contributed by atoms with Crippen molar-refractivity contribution in [1.82, 2.24) is 0 Å². The van der Waals surface area contributed by atoms with Crippen LogP contribution in [-0.4, -0.2) is 13.2 Å². The highest BCUT2D eigenvalue weighted by Crippen LogP contribution is 2.51. The lowest BCUT2D eigenvalue weighted by Crippen LogP contribution is -2.33. The van der Waals surface area contributed by atoms with Gasteiger partial charge in [-0.2, -0.15) is 18.2 Å². The van der Waals surface area contributed by atoms with E-state index in [9.17, 15) is 18.0 Å². The molecule has 0 atom stereocenters. The van der Waals surface area contributed by atoms with Gasteiger partial charge in [0.15, 0.2) is 0 Å². The average molecular weight is 350 g/mol. The molecule has 0 spiro atoms. The van der Waals surface area contributed by atoms with E-state index in [0.29, 0.717) is 12.8 Å². The standard InChI is InChI=1S/C13H11BrF3NO2/c1-20-11-9(12(18-7-19)3-2-4-12)5-8(14)6-10(11)13(15,16)17/h5-6H,2-4H2,1H3. The highest BCUT2D eigenvalue weighted by atomic mass is 79.9. The molecule has 0 radical (unpaired) electrons. The number of ether oxygens (including phenoxy) is 1. The molecule has 0 bridgehead atoms. The fourth-order valence-corrected chi connectivity index (χ4v) is 2.87. The topological polar surface area (TPSA) is 38.7 Å². The van der Waals surface area contributed by atoms with Gasteiger partial charge < -0.3 is 4.74 Å². The minimum absolute atomic E-state index is 0.271. The van der Waals surface area contributed by atoms with Crippen LogP contribution >= 0.6 is 15.9 Å². The maximum atomic E-state index is 13.1. The predicted molar refractivity (Wildman–Crippen MR) is 69.3 cm³/mol. The van der Waals surface area contributed by atoms with Gasteiger partial charge in [-0.25, -0.2) is 4.79 Å². The molecule has 0 saturated heterocycles. The van der Waals surface area contributed by atoms with Crippen LogP contribution in [0.5, 0.6) is 5.75 Å². The Balaban J connectivity index is 2.70. The van der Waals surface area contributed by atoms with Gasteiger partial charge >= 0.3 is 6.18 Å². The molecule has 0 heterocycles. The number of isocyanates is 1. The molecular weight excluding hydrogens is 339 g/mol. The van der Waals surface area contributed by atoms with Gasteiger partial charge in [0.05, 0.1) is 12.7 Å². The lowest BCUT2D eigenvalue weighted by Gasteiger charge is -2.38. The fraction of sp³-hybridized carbons (Fsp3) is 0.462. The number of nitrogens with zero attached hydrogens (tertiary/aromatic N) is 1. The van der Waals surface area contributed by atoms with Crippen LogP contribution < -0.4 is 4.74 Å². The summed E-state index contributed by atoms with van der Waals surface area (Å²) in [5.41, 5.74) is -1.55. The molecule has 1 aromatic carbocycles. The highest BCUT2D eigenvalue weighted by molar-refractivity contribution is 9.10. The summed E-state index contributed by atoms with van der Waals surface area (Å²) >= 11 is 3.07. The second kappa shape index (κ2) is 5.22. The number of halogens is 4. The summed E-state index contributed by atoms with van der Waals surface area (Å²) in [6.07, 6.45) is -1.27. The summed E-state index contributed by atoms with van der Waals surface area (Å²) in [5, 5.41) is 0. The van der Waals surface area contributed by atoms with Crippen LogP contribution in [0.2, 0.25) is 0 Å². The third-order valence-electron chi connectivity index (χ3n) is 3.50. The van der Waals surface area contributed by atoms with E-state index in [4.69, 9.17) is 4.74 Å². The molecule has 0 amide bonds. The Kier molecular flexibility index (Phi) is 3.93. The van der Waals surface area contributed by atoms with E-state index in [-0.39, 0.29) is 15.8 Å². The lowest BCUT2D eigenvalue weighted by molar-refractivity contribution is -0.138. The number of carbonyl (C=O) groups excluding carboxylic acids is 1. The second-order valence-electron chi connectivity index (χ2n) is 4.62. The van der Waals surface area contributed by atoms with Gasteiger partial charge in [0.1, 0.15) is 11.3 Å². The number of alkyl halides is 3. The van der Waals surface area contributed by atoms with Crippen LogP contribution in [0, 0.1) is 0 Å². The van der Waals surface area contributed by atoms with Crippen molar-refractivity contribution in [3.8, 4) is 5.75 Å². The molecule has 0 unspecified atom stereocenters. The van der Waals surface area contributed by atoms with E-state index in [1.165, 1.54) is 19.3 Å². The van der Waals surface area contributed by atoms with Crippen LogP contribution in [0.4, 0.5) is 13.2 Å². The van der Waals surface area contributed by atoms with Crippen LogP contribution in [0.25, 0.3) is 0 Å². The molecule has 1 aliphatic carbocycles. The third-order valence-corrected chi connectivity index (χ3v) is 3.96. The summed E-state index contributed by atoms with van der Waals surface area (Å²) in [6, 6.07) is 2.48.